The molecule has 2 aromatic heterocycles. The summed E-state index contributed by atoms with van der Waals surface area (Å²) in [5.74, 6) is 1.38. The minimum absolute atomic E-state index is 0.00686. The number of ether oxygens (including phenoxy) is 2. The molecule has 0 aliphatic carbocycles. The number of thioether (sulfide) groups is 1. The van der Waals surface area contributed by atoms with E-state index in [2.05, 4.69) is 19.8 Å². The fraction of sp³-hybridized carbons (Fsp3) is 0.312. The summed E-state index contributed by atoms with van der Waals surface area (Å²) in [5.41, 5.74) is 2.72. The molecule has 0 unspecified atom stereocenters. The molecule has 0 aliphatic heterocycles. The van der Waals surface area contributed by atoms with Gasteiger partial charge in [-0.25, -0.2) is 9.50 Å². The van der Waals surface area contributed by atoms with Crippen molar-refractivity contribution in [2.75, 3.05) is 7.11 Å². The minimum atomic E-state index is -2.89. The SMILES string of the molecule is COc1cc(CSc2nc3nc(C)cc(C)n3n2)ccc1OC(F)F. The summed E-state index contributed by atoms with van der Waals surface area (Å²) in [4.78, 5) is 8.74. The Morgan fingerprint density at radius 3 is 2.68 bits per heavy atom. The van der Waals surface area contributed by atoms with Gasteiger partial charge in [0.2, 0.25) is 5.16 Å². The van der Waals surface area contributed by atoms with E-state index >= 15 is 0 Å². The van der Waals surface area contributed by atoms with Crippen molar-refractivity contribution < 1.29 is 18.3 Å². The molecule has 0 saturated heterocycles. The summed E-state index contributed by atoms with van der Waals surface area (Å²) < 4.78 is 35.9. The maximum absolute atomic E-state index is 12.4. The van der Waals surface area contributed by atoms with Crippen molar-refractivity contribution in [1.82, 2.24) is 19.6 Å². The molecule has 132 valence electrons. The monoisotopic (exact) mass is 366 g/mol. The molecule has 1 aromatic carbocycles. The van der Waals surface area contributed by atoms with Crippen LogP contribution in [0.4, 0.5) is 8.78 Å². The van der Waals surface area contributed by atoms with Crippen LogP contribution in [-0.2, 0) is 5.75 Å². The van der Waals surface area contributed by atoms with Gasteiger partial charge in [0.05, 0.1) is 7.11 Å². The molecule has 6 nitrogen and oxygen atoms in total. The largest absolute Gasteiger partial charge is 0.493 e. The molecular weight excluding hydrogens is 350 g/mol. The molecule has 0 saturated carbocycles. The quantitative estimate of drug-likeness (QED) is 0.621. The van der Waals surface area contributed by atoms with Gasteiger partial charge in [0.1, 0.15) is 0 Å². The summed E-state index contributed by atoms with van der Waals surface area (Å²) >= 11 is 1.43. The van der Waals surface area contributed by atoms with Gasteiger partial charge in [0.15, 0.2) is 11.5 Å². The zero-order valence-corrected chi connectivity index (χ0v) is 14.7. The number of fused-ring (bicyclic) bond motifs is 1. The fourth-order valence-electron chi connectivity index (χ4n) is 2.35. The average Bonchev–Trinajstić information content (AvgIpc) is 2.96. The van der Waals surface area contributed by atoms with E-state index in [0.29, 0.717) is 16.7 Å². The lowest BCUT2D eigenvalue weighted by molar-refractivity contribution is -0.0512. The van der Waals surface area contributed by atoms with E-state index in [1.54, 1.807) is 16.6 Å². The number of alkyl halides is 2. The predicted molar refractivity (Wildman–Crippen MR) is 89.4 cm³/mol. The highest BCUT2D eigenvalue weighted by molar-refractivity contribution is 7.98. The maximum atomic E-state index is 12.4. The Morgan fingerprint density at radius 1 is 1.16 bits per heavy atom. The number of aryl methyl sites for hydroxylation is 2. The molecule has 0 bridgehead atoms. The van der Waals surface area contributed by atoms with Crippen molar-refractivity contribution in [2.45, 2.75) is 31.4 Å². The van der Waals surface area contributed by atoms with E-state index in [1.165, 1.54) is 24.9 Å². The third-order valence-corrected chi connectivity index (χ3v) is 4.32. The first-order valence-electron chi connectivity index (χ1n) is 7.42. The number of methoxy groups -OCH3 is 1. The molecule has 0 spiro atoms. The summed E-state index contributed by atoms with van der Waals surface area (Å²) in [6.45, 7) is 0.955. The first-order chi connectivity index (χ1) is 12.0. The van der Waals surface area contributed by atoms with Crippen LogP contribution in [0.5, 0.6) is 11.5 Å². The molecule has 0 fully saturated rings. The second-order valence-electron chi connectivity index (χ2n) is 5.30. The Bertz CT molecular complexity index is 901. The van der Waals surface area contributed by atoms with Gasteiger partial charge in [-0.05, 0) is 37.6 Å². The number of aromatic nitrogens is 4. The maximum Gasteiger partial charge on any atom is 0.387 e. The molecule has 0 aliphatic rings. The molecule has 0 radical (unpaired) electrons. The summed E-state index contributed by atoms with van der Waals surface area (Å²) in [6.07, 6.45) is 0. The number of nitrogens with zero attached hydrogens (tertiary/aromatic N) is 4. The van der Waals surface area contributed by atoms with Gasteiger partial charge in [-0.2, -0.15) is 13.8 Å². The summed E-state index contributed by atoms with van der Waals surface area (Å²) in [7, 11) is 1.41. The first kappa shape index (κ1) is 17.4. The number of hydrogen-bond donors (Lipinski definition) is 0. The second-order valence-corrected chi connectivity index (χ2v) is 6.24. The van der Waals surface area contributed by atoms with E-state index in [4.69, 9.17) is 4.74 Å². The number of halogens is 2. The Hall–Kier alpha value is -2.42. The smallest absolute Gasteiger partial charge is 0.387 e. The summed E-state index contributed by atoms with van der Waals surface area (Å²) in [6, 6.07) is 6.76. The Labute approximate surface area is 147 Å². The van der Waals surface area contributed by atoms with Crippen LogP contribution in [-0.4, -0.2) is 33.3 Å². The van der Waals surface area contributed by atoms with Crippen molar-refractivity contribution >= 4 is 17.5 Å². The highest BCUT2D eigenvalue weighted by Crippen LogP contribution is 2.31. The van der Waals surface area contributed by atoms with Crippen LogP contribution in [0.3, 0.4) is 0 Å². The molecule has 0 atom stereocenters. The lowest BCUT2D eigenvalue weighted by Crippen LogP contribution is -2.03. The molecule has 0 N–H and O–H groups in total. The van der Waals surface area contributed by atoms with E-state index in [1.807, 2.05) is 19.9 Å². The number of benzene rings is 1. The van der Waals surface area contributed by atoms with Gasteiger partial charge < -0.3 is 9.47 Å². The molecular formula is C16H16F2N4O2S. The predicted octanol–water partition coefficient (Wildman–Crippen LogP) is 3.64. The van der Waals surface area contributed by atoms with Gasteiger partial charge in [-0.1, -0.05) is 17.8 Å². The standard InChI is InChI=1S/C16H16F2N4O2S/c1-9-6-10(2)22-15(19-9)20-16(21-22)25-8-11-4-5-12(24-14(17)18)13(7-11)23-3/h4-7,14H,8H2,1-3H3. The minimum Gasteiger partial charge on any atom is -0.493 e. The van der Waals surface area contributed by atoms with Gasteiger partial charge in [-0.15, -0.1) is 5.10 Å². The van der Waals surface area contributed by atoms with Crippen LogP contribution in [0, 0.1) is 13.8 Å². The Morgan fingerprint density at radius 2 is 1.96 bits per heavy atom. The number of rotatable bonds is 6. The van der Waals surface area contributed by atoms with Crippen molar-refractivity contribution in [2.24, 2.45) is 0 Å². The third-order valence-electron chi connectivity index (χ3n) is 3.41. The molecule has 3 aromatic rings. The van der Waals surface area contributed by atoms with Crippen molar-refractivity contribution in [3.05, 3.63) is 41.2 Å². The van der Waals surface area contributed by atoms with E-state index < -0.39 is 6.61 Å². The molecule has 9 heteroatoms. The molecule has 2 heterocycles. The van der Waals surface area contributed by atoms with Crippen LogP contribution in [0.1, 0.15) is 17.0 Å². The molecule has 25 heavy (non-hydrogen) atoms. The van der Waals surface area contributed by atoms with Gasteiger partial charge >= 0.3 is 6.61 Å². The van der Waals surface area contributed by atoms with E-state index in [0.717, 1.165) is 17.0 Å². The van der Waals surface area contributed by atoms with Crippen molar-refractivity contribution in [3.63, 3.8) is 0 Å². The van der Waals surface area contributed by atoms with Crippen molar-refractivity contribution in [1.29, 1.82) is 0 Å². The fourth-order valence-corrected chi connectivity index (χ4v) is 3.11. The van der Waals surface area contributed by atoms with Crippen LogP contribution in [0.25, 0.3) is 5.78 Å². The lowest BCUT2D eigenvalue weighted by atomic mass is 10.2. The lowest BCUT2D eigenvalue weighted by Gasteiger charge is -2.10. The van der Waals surface area contributed by atoms with Gasteiger partial charge in [0, 0.05) is 17.1 Å². The van der Waals surface area contributed by atoms with Crippen LogP contribution in [0.2, 0.25) is 0 Å². The highest BCUT2D eigenvalue weighted by atomic mass is 32.2. The normalized spacial score (nSPS) is 11.3. The van der Waals surface area contributed by atoms with Crippen LogP contribution >= 0.6 is 11.8 Å². The average molecular weight is 366 g/mol. The third kappa shape index (κ3) is 3.98. The Kier molecular flexibility index (Phi) is 5.03. The molecule has 0 amide bonds. The zero-order valence-electron chi connectivity index (χ0n) is 13.9. The second kappa shape index (κ2) is 7.22. The van der Waals surface area contributed by atoms with Gasteiger partial charge in [-0.3, -0.25) is 0 Å². The van der Waals surface area contributed by atoms with Crippen molar-refractivity contribution in [3.8, 4) is 11.5 Å². The van der Waals surface area contributed by atoms with E-state index in [9.17, 15) is 8.78 Å². The zero-order chi connectivity index (χ0) is 18.0. The molecule has 3 rings (SSSR count). The van der Waals surface area contributed by atoms with Crippen LogP contribution in [0.15, 0.2) is 29.4 Å². The van der Waals surface area contributed by atoms with E-state index in [-0.39, 0.29) is 11.5 Å². The first-order valence-corrected chi connectivity index (χ1v) is 8.40. The van der Waals surface area contributed by atoms with Crippen LogP contribution < -0.4 is 9.47 Å². The Balaban J connectivity index is 1.76. The number of hydrogen-bond acceptors (Lipinski definition) is 6. The topological polar surface area (TPSA) is 61.5 Å². The summed E-state index contributed by atoms with van der Waals surface area (Å²) in [5, 5.41) is 5.01. The highest BCUT2D eigenvalue weighted by Gasteiger charge is 2.12. The van der Waals surface area contributed by atoms with Gasteiger partial charge in [0.25, 0.3) is 5.78 Å².